The van der Waals surface area contributed by atoms with E-state index in [1.807, 2.05) is 6.07 Å². The molecule has 0 bridgehead atoms. The van der Waals surface area contributed by atoms with Crippen molar-refractivity contribution < 1.29 is 4.39 Å². The minimum absolute atomic E-state index is 0.338. The van der Waals surface area contributed by atoms with Crippen molar-refractivity contribution in [2.24, 2.45) is 0 Å². The lowest BCUT2D eigenvalue weighted by molar-refractivity contribution is 0.627. The lowest BCUT2D eigenvalue weighted by atomic mass is 10.1. The van der Waals surface area contributed by atoms with Crippen LogP contribution in [-0.2, 0) is 13.0 Å². The number of nitriles is 1. The van der Waals surface area contributed by atoms with E-state index in [-0.39, 0.29) is 5.82 Å². The Labute approximate surface area is 110 Å². The lowest BCUT2D eigenvalue weighted by Crippen LogP contribution is -2.01. The molecule has 0 saturated heterocycles. The van der Waals surface area contributed by atoms with Crippen molar-refractivity contribution >= 4 is 17.0 Å². The van der Waals surface area contributed by atoms with Gasteiger partial charge in [0.2, 0.25) is 0 Å². The van der Waals surface area contributed by atoms with Crippen LogP contribution in [0.2, 0.25) is 0 Å². The fourth-order valence-corrected chi connectivity index (χ4v) is 2.69. The first kappa shape index (κ1) is 12.6. The molecule has 0 unspecified atom stereocenters. The van der Waals surface area contributed by atoms with Gasteiger partial charge in [-0.2, -0.15) is 5.26 Å². The molecule has 0 saturated carbocycles. The number of aryl methyl sites for hydroxylation is 1. The third-order valence-electron chi connectivity index (χ3n) is 2.76. The predicted molar refractivity (Wildman–Crippen MR) is 72.1 cm³/mol. The van der Waals surface area contributed by atoms with Crippen molar-refractivity contribution in [3.63, 3.8) is 0 Å². The van der Waals surface area contributed by atoms with Crippen LogP contribution in [-0.4, -0.2) is 0 Å². The Morgan fingerprint density at radius 2 is 2.22 bits per heavy atom. The molecule has 1 heterocycles. The number of anilines is 1. The molecular weight excluding hydrogens is 247 g/mol. The van der Waals surface area contributed by atoms with Crippen LogP contribution in [0.1, 0.15) is 22.9 Å². The summed E-state index contributed by atoms with van der Waals surface area (Å²) in [6, 6.07) is 8.32. The van der Waals surface area contributed by atoms with Gasteiger partial charge in [-0.15, -0.1) is 11.3 Å². The predicted octanol–water partition coefficient (Wildman–Crippen LogP) is 3.93. The van der Waals surface area contributed by atoms with Gasteiger partial charge in [0.05, 0.1) is 11.3 Å². The Kier molecular flexibility index (Phi) is 3.96. The number of halogens is 1. The van der Waals surface area contributed by atoms with E-state index in [9.17, 15) is 4.39 Å². The summed E-state index contributed by atoms with van der Waals surface area (Å²) < 4.78 is 13.0. The van der Waals surface area contributed by atoms with Crippen molar-refractivity contribution in [3.05, 3.63) is 51.5 Å². The van der Waals surface area contributed by atoms with Gasteiger partial charge in [0.25, 0.3) is 0 Å². The fourth-order valence-electron chi connectivity index (χ4n) is 1.78. The SMILES string of the molecule is CCc1ccsc1CNc1ccc(F)cc1C#N. The highest BCUT2D eigenvalue weighted by molar-refractivity contribution is 7.10. The smallest absolute Gasteiger partial charge is 0.124 e. The summed E-state index contributed by atoms with van der Waals surface area (Å²) in [6.45, 7) is 2.78. The van der Waals surface area contributed by atoms with E-state index in [1.165, 1.54) is 22.6 Å². The van der Waals surface area contributed by atoms with Gasteiger partial charge >= 0.3 is 0 Å². The molecule has 0 atom stereocenters. The summed E-state index contributed by atoms with van der Waals surface area (Å²) >= 11 is 1.69. The molecule has 0 aliphatic carbocycles. The van der Waals surface area contributed by atoms with Gasteiger partial charge in [-0.3, -0.25) is 0 Å². The third-order valence-corrected chi connectivity index (χ3v) is 3.72. The first-order valence-corrected chi connectivity index (χ1v) is 6.61. The van der Waals surface area contributed by atoms with Crippen LogP contribution in [0.5, 0.6) is 0 Å². The number of benzene rings is 1. The second-order valence-corrected chi connectivity index (χ2v) is 4.88. The standard InChI is InChI=1S/C14H13FN2S/c1-2-10-5-6-18-14(10)9-17-13-4-3-12(15)7-11(13)8-16/h3-7,17H,2,9H2,1H3. The van der Waals surface area contributed by atoms with Crippen molar-refractivity contribution in [1.29, 1.82) is 5.26 Å². The molecule has 2 aromatic rings. The van der Waals surface area contributed by atoms with E-state index in [4.69, 9.17) is 5.26 Å². The van der Waals surface area contributed by atoms with Crippen LogP contribution in [0.3, 0.4) is 0 Å². The average Bonchev–Trinajstić information content (AvgIpc) is 2.84. The van der Waals surface area contributed by atoms with E-state index in [0.717, 1.165) is 6.42 Å². The molecular formula is C14H13FN2S. The molecule has 18 heavy (non-hydrogen) atoms. The van der Waals surface area contributed by atoms with Gasteiger partial charge in [0.15, 0.2) is 0 Å². The molecule has 1 aromatic heterocycles. The fraction of sp³-hybridized carbons (Fsp3) is 0.214. The zero-order valence-electron chi connectivity index (χ0n) is 10.0. The van der Waals surface area contributed by atoms with Crippen LogP contribution in [0.15, 0.2) is 29.6 Å². The van der Waals surface area contributed by atoms with Crippen LogP contribution >= 0.6 is 11.3 Å². The van der Waals surface area contributed by atoms with Crippen molar-refractivity contribution in [1.82, 2.24) is 0 Å². The van der Waals surface area contributed by atoms with Gasteiger partial charge in [-0.05, 0) is 41.6 Å². The molecule has 0 spiro atoms. The number of hydrogen-bond acceptors (Lipinski definition) is 3. The van der Waals surface area contributed by atoms with Gasteiger partial charge in [-0.1, -0.05) is 6.92 Å². The molecule has 2 rings (SSSR count). The summed E-state index contributed by atoms with van der Waals surface area (Å²) in [5.41, 5.74) is 2.33. The van der Waals surface area contributed by atoms with Crippen LogP contribution in [0, 0.1) is 17.1 Å². The molecule has 0 aliphatic heterocycles. The highest BCUT2D eigenvalue weighted by atomic mass is 32.1. The molecule has 0 aliphatic rings. The minimum atomic E-state index is -0.387. The summed E-state index contributed by atoms with van der Waals surface area (Å²) in [5, 5.41) is 14.2. The quantitative estimate of drug-likeness (QED) is 0.904. The number of rotatable bonds is 4. The number of nitrogens with zero attached hydrogens (tertiary/aromatic N) is 1. The van der Waals surface area contributed by atoms with Crippen molar-refractivity contribution in [2.75, 3.05) is 5.32 Å². The van der Waals surface area contributed by atoms with Crippen LogP contribution in [0.4, 0.5) is 10.1 Å². The molecule has 0 amide bonds. The zero-order valence-corrected chi connectivity index (χ0v) is 10.9. The molecule has 2 nitrogen and oxygen atoms in total. The van der Waals surface area contributed by atoms with Crippen molar-refractivity contribution in [2.45, 2.75) is 19.9 Å². The summed E-state index contributed by atoms with van der Waals surface area (Å²) in [4.78, 5) is 1.26. The van der Waals surface area contributed by atoms with Crippen molar-refractivity contribution in [3.8, 4) is 6.07 Å². The molecule has 0 fully saturated rings. The van der Waals surface area contributed by atoms with Crippen LogP contribution < -0.4 is 5.32 Å². The first-order valence-electron chi connectivity index (χ1n) is 5.73. The van der Waals surface area contributed by atoms with Gasteiger partial charge in [0, 0.05) is 11.4 Å². The maximum atomic E-state index is 13.0. The highest BCUT2D eigenvalue weighted by Crippen LogP contribution is 2.21. The molecule has 1 N–H and O–H groups in total. The normalized spacial score (nSPS) is 10.1. The first-order chi connectivity index (χ1) is 8.74. The van der Waals surface area contributed by atoms with E-state index >= 15 is 0 Å². The largest absolute Gasteiger partial charge is 0.379 e. The second-order valence-electron chi connectivity index (χ2n) is 3.88. The van der Waals surface area contributed by atoms with E-state index in [0.29, 0.717) is 17.8 Å². The Morgan fingerprint density at radius 1 is 1.39 bits per heavy atom. The van der Waals surface area contributed by atoms with E-state index < -0.39 is 0 Å². The minimum Gasteiger partial charge on any atom is -0.379 e. The Balaban J connectivity index is 2.14. The number of nitrogens with one attached hydrogen (secondary N) is 1. The number of thiophene rings is 1. The molecule has 1 aromatic carbocycles. The van der Waals surface area contributed by atoms with Gasteiger partial charge in [-0.25, -0.2) is 4.39 Å². The third kappa shape index (κ3) is 2.69. The van der Waals surface area contributed by atoms with E-state index in [2.05, 4.69) is 23.7 Å². The van der Waals surface area contributed by atoms with Crippen LogP contribution in [0.25, 0.3) is 0 Å². The monoisotopic (exact) mass is 260 g/mol. The Morgan fingerprint density at radius 3 is 2.94 bits per heavy atom. The Bertz CT molecular complexity index is 584. The molecule has 4 heteroatoms. The molecule has 92 valence electrons. The second kappa shape index (κ2) is 5.65. The average molecular weight is 260 g/mol. The Hall–Kier alpha value is -1.86. The summed E-state index contributed by atoms with van der Waals surface area (Å²) in [6.07, 6.45) is 0.995. The number of hydrogen-bond donors (Lipinski definition) is 1. The van der Waals surface area contributed by atoms with Gasteiger partial charge < -0.3 is 5.32 Å². The highest BCUT2D eigenvalue weighted by Gasteiger charge is 2.06. The lowest BCUT2D eigenvalue weighted by Gasteiger charge is -2.08. The maximum absolute atomic E-state index is 13.0. The maximum Gasteiger partial charge on any atom is 0.124 e. The molecule has 0 radical (unpaired) electrons. The van der Waals surface area contributed by atoms with Gasteiger partial charge in [0.1, 0.15) is 11.9 Å². The summed E-state index contributed by atoms with van der Waals surface area (Å²) in [7, 11) is 0. The topological polar surface area (TPSA) is 35.8 Å². The summed E-state index contributed by atoms with van der Waals surface area (Å²) in [5.74, 6) is -0.387. The zero-order chi connectivity index (χ0) is 13.0. The van der Waals surface area contributed by atoms with E-state index in [1.54, 1.807) is 17.4 Å².